The first-order valence-electron chi connectivity index (χ1n) is 9.97. The van der Waals surface area contributed by atoms with E-state index in [9.17, 15) is 9.59 Å². The molecule has 1 amide bonds. The van der Waals surface area contributed by atoms with Crippen LogP contribution in [0, 0.1) is 11.3 Å². The normalized spacial score (nSPS) is 17.4. The van der Waals surface area contributed by atoms with Gasteiger partial charge >= 0.3 is 30.9 Å². The molecule has 0 radical (unpaired) electrons. The molecule has 0 N–H and O–H groups in total. The number of methoxy groups -OCH3 is 1. The Morgan fingerprint density at radius 3 is 1.89 bits per heavy atom. The molecule has 0 bridgehead atoms. The fourth-order valence-electron chi connectivity index (χ4n) is 3.08. The SMILES string of the molecule is CC(C)[N-]C(C)C.COC(=O)C(C)(C)[C@H]1CCCN(C(=O)OC(C)(C)C)C1.[Li+]. The summed E-state index contributed by atoms with van der Waals surface area (Å²) in [6.07, 6.45) is 1.49. The minimum Gasteiger partial charge on any atom is -0.658 e. The fourth-order valence-corrected chi connectivity index (χ4v) is 3.08. The molecule has 28 heavy (non-hydrogen) atoms. The third-order valence-electron chi connectivity index (χ3n) is 4.40. The number of ether oxygens (including phenoxy) is 2. The molecule has 0 spiro atoms. The quantitative estimate of drug-likeness (QED) is 0.542. The standard InChI is InChI=1S/C15H27NO4.C6H14N.Li/c1-14(2,3)20-13(18)16-9-7-8-11(10-16)15(4,5)12(17)19-6;1-5(2)7-6(3)4;/h11H,7-10H2,1-6H3;5-6H,1-4H3;/q;-1;+1/t11-;;/m0../s1. The second-order valence-electron chi connectivity index (χ2n) is 9.32. The summed E-state index contributed by atoms with van der Waals surface area (Å²) in [6.45, 7) is 18.9. The predicted octanol–water partition coefficient (Wildman–Crippen LogP) is 2.01. The van der Waals surface area contributed by atoms with Gasteiger partial charge in [-0.25, -0.2) is 4.79 Å². The molecule has 0 saturated carbocycles. The number of hydrogen-bond donors (Lipinski definition) is 0. The molecule has 1 heterocycles. The molecule has 1 atom stereocenters. The summed E-state index contributed by atoms with van der Waals surface area (Å²) < 4.78 is 10.3. The van der Waals surface area contributed by atoms with Gasteiger partial charge in [-0.15, -0.1) is 12.1 Å². The van der Waals surface area contributed by atoms with Crippen molar-refractivity contribution in [3.8, 4) is 0 Å². The third kappa shape index (κ3) is 11.3. The van der Waals surface area contributed by atoms with E-state index in [2.05, 4.69) is 33.0 Å². The van der Waals surface area contributed by atoms with Crippen molar-refractivity contribution in [1.82, 2.24) is 4.90 Å². The van der Waals surface area contributed by atoms with Crippen LogP contribution in [-0.2, 0) is 14.3 Å². The van der Waals surface area contributed by atoms with Crippen LogP contribution in [0.2, 0.25) is 0 Å². The van der Waals surface area contributed by atoms with Gasteiger partial charge in [-0.05, 0) is 53.4 Å². The van der Waals surface area contributed by atoms with Gasteiger partial charge in [0.1, 0.15) is 5.60 Å². The van der Waals surface area contributed by atoms with Crippen molar-refractivity contribution >= 4 is 12.1 Å². The summed E-state index contributed by atoms with van der Waals surface area (Å²) in [6, 6.07) is 1.000. The van der Waals surface area contributed by atoms with Crippen LogP contribution in [0.5, 0.6) is 0 Å². The monoisotopic (exact) mass is 392 g/mol. The minimum absolute atomic E-state index is 0. The molecule has 0 aromatic rings. The smallest absolute Gasteiger partial charge is 0.658 e. The van der Waals surface area contributed by atoms with Gasteiger partial charge in [0.2, 0.25) is 0 Å². The molecule has 7 heteroatoms. The van der Waals surface area contributed by atoms with Crippen molar-refractivity contribution in [2.75, 3.05) is 20.2 Å². The van der Waals surface area contributed by atoms with Gasteiger partial charge in [0.15, 0.2) is 0 Å². The largest absolute Gasteiger partial charge is 1.00 e. The summed E-state index contributed by atoms with van der Waals surface area (Å²) in [5.41, 5.74) is -1.09. The van der Waals surface area contributed by atoms with Crippen LogP contribution < -0.4 is 18.9 Å². The van der Waals surface area contributed by atoms with Gasteiger partial charge in [-0.1, -0.05) is 27.7 Å². The van der Waals surface area contributed by atoms with E-state index in [-0.39, 0.29) is 36.8 Å². The maximum absolute atomic E-state index is 12.1. The Bertz CT molecular complexity index is 468. The third-order valence-corrected chi connectivity index (χ3v) is 4.40. The molecule has 1 saturated heterocycles. The number of rotatable bonds is 4. The number of carbonyl (C=O) groups is 2. The van der Waals surface area contributed by atoms with E-state index in [4.69, 9.17) is 9.47 Å². The molecule has 0 aromatic carbocycles. The van der Waals surface area contributed by atoms with Crippen molar-refractivity contribution in [2.24, 2.45) is 11.3 Å². The number of piperidine rings is 1. The zero-order valence-corrected chi connectivity index (χ0v) is 20.1. The summed E-state index contributed by atoms with van der Waals surface area (Å²) in [5.74, 6) is -0.134. The van der Waals surface area contributed by atoms with Crippen LogP contribution in [0.3, 0.4) is 0 Å². The topological polar surface area (TPSA) is 69.9 Å². The maximum atomic E-state index is 12.1. The first-order valence-corrected chi connectivity index (χ1v) is 9.97. The molecule has 1 aliphatic heterocycles. The van der Waals surface area contributed by atoms with Crippen LogP contribution in [-0.4, -0.2) is 54.8 Å². The molecule has 1 rings (SSSR count). The molecule has 0 aliphatic carbocycles. The van der Waals surface area contributed by atoms with E-state index < -0.39 is 11.0 Å². The Morgan fingerprint density at radius 1 is 1.04 bits per heavy atom. The van der Waals surface area contributed by atoms with Crippen LogP contribution in [0.15, 0.2) is 0 Å². The Hall–Kier alpha value is -0.703. The first-order chi connectivity index (χ1) is 12.2. The van der Waals surface area contributed by atoms with Crippen LogP contribution in [0.25, 0.3) is 5.32 Å². The molecule has 160 valence electrons. The van der Waals surface area contributed by atoms with E-state index in [1.165, 1.54) is 7.11 Å². The minimum atomic E-state index is -0.588. The van der Waals surface area contributed by atoms with Crippen molar-refractivity contribution in [3.63, 3.8) is 0 Å². The molecular formula is C21H41LiN2O4. The van der Waals surface area contributed by atoms with Gasteiger partial charge in [0.05, 0.1) is 12.5 Å². The summed E-state index contributed by atoms with van der Waals surface area (Å²) in [7, 11) is 1.40. The van der Waals surface area contributed by atoms with Gasteiger partial charge in [0.25, 0.3) is 0 Å². The fraction of sp³-hybridized carbons (Fsp3) is 0.905. The second-order valence-corrected chi connectivity index (χ2v) is 9.32. The second kappa shape index (κ2) is 12.8. The van der Waals surface area contributed by atoms with E-state index in [0.717, 1.165) is 12.8 Å². The zero-order chi connectivity index (χ0) is 21.4. The van der Waals surface area contributed by atoms with Gasteiger partial charge in [-0.3, -0.25) is 4.79 Å². The first kappa shape index (κ1) is 29.5. The maximum Gasteiger partial charge on any atom is 1.00 e. The molecule has 1 aliphatic rings. The van der Waals surface area contributed by atoms with Crippen LogP contribution >= 0.6 is 0 Å². The average Bonchev–Trinajstić information content (AvgIpc) is 2.51. The Labute approximate surface area is 184 Å². The number of hydrogen-bond acceptors (Lipinski definition) is 4. The number of amides is 1. The number of esters is 1. The molecule has 0 aromatic heterocycles. The van der Waals surface area contributed by atoms with Crippen LogP contribution in [0.4, 0.5) is 4.79 Å². The summed E-state index contributed by atoms with van der Waals surface area (Å²) in [4.78, 5) is 25.7. The Kier molecular flexibility index (Phi) is 13.5. The Balaban J connectivity index is 0. The van der Waals surface area contributed by atoms with E-state index in [0.29, 0.717) is 25.2 Å². The van der Waals surface area contributed by atoms with Crippen molar-refractivity contribution in [3.05, 3.63) is 5.32 Å². The molecule has 6 nitrogen and oxygen atoms in total. The number of carbonyl (C=O) groups excluding carboxylic acids is 2. The predicted molar refractivity (Wildman–Crippen MR) is 110 cm³/mol. The molecule has 1 fully saturated rings. The molecular weight excluding hydrogens is 351 g/mol. The van der Waals surface area contributed by atoms with Gasteiger partial charge < -0.3 is 19.7 Å². The van der Waals surface area contributed by atoms with Crippen molar-refractivity contribution in [1.29, 1.82) is 0 Å². The number of nitrogens with zero attached hydrogens (tertiary/aromatic N) is 2. The van der Waals surface area contributed by atoms with E-state index in [1.807, 2.05) is 34.6 Å². The van der Waals surface area contributed by atoms with E-state index in [1.54, 1.807) is 4.90 Å². The van der Waals surface area contributed by atoms with Crippen molar-refractivity contribution < 1.29 is 37.9 Å². The van der Waals surface area contributed by atoms with Crippen LogP contribution in [0.1, 0.15) is 75.2 Å². The number of likely N-dealkylation sites (tertiary alicyclic amines) is 1. The summed E-state index contributed by atoms with van der Waals surface area (Å²) in [5, 5.41) is 4.28. The zero-order valence-electron chi connectivity index (χ0n) is 20.1. The summed E-state index contributed by atoms with van der Waals surface area (Å²) >= 11 is 0. The van der Waals surface area contributed by atoms with Crippen molar-refractivity contribution in [2.45, 2.75) is 92.8 Å². The Morgan fingerprint density at radius 2 is 1.54 bits per heavy atom. The van der Waals surface area contributed by atoms with Gasteiger partial charge in [0, 0.05) is 13.1 Å². The average molecular weight is 393 g/mol. The van der Waals surface area contributed by atoms with Gasteiger partial charge in [-0.2, -0.15) is 0 Å². The molecule has 0 unspecified atom stereocenters. The van der Waals surface area contributed by atoms with E-state index >= 15 is 0 Å².